The highest BCUT2D eigenvalue weighted by atomic mass is 32.2. The molecule has 2 unspecified atom stereocenters. The van der Waals surface area contributed by atoms with Gasteiger partial charge in [-0.05, 0) is 53.4 Å². The Morgan fingerprint density at radius 2 is 1.94 bits per heavy atom. The summed E-state index contributed by atoms with van der Waals surface area (Å²) in [7, 11) is 1.54. The molecular weight excluding hydrogens is 456 g/mol. The monoisotopic (exact) mass is 484 g/mol. The maximum atomic E-state index is 10.5. The zero-order valence-corrected chi connectivity index (χ0v) is 19.8. The molecule has 0 amide bonds. The van der Waals surface area contributed by atoms with E-state index in [-0.39, 0.29) is 31.0 Å². The fourth-order valence-corrected chi connectivity index (χ4v) is 4.48. The van der Waals surface area contributed by atoms with E-state index in [2.05, 4.69) is 6.07 Å². The van der Waals surface area contributed by atoms with Crippen LogP contribution in [0.4, 0.5) is 0 Å². The Labute approximate surface area is 202 Å². The van der Waals surface area contributed by atoms with E-state index in [1.807, 2.05) is 37.3 Å². The average Bonchev–Trinajstić information content (AvgIpc) is 2.84. The molecule has 0 spiro atoms. The number of phenolic OH excluding ortho intramolecular Hbond substituents is 1. The Hall–Kier alpha value is -3.36. The van der Waals surface area contributed by atoms with Crippen LogP contribution in [0.2, 0.25) is 0 Å². The quantitative estimate of drug-likeness (QED) is 0.392. The van der Waals surface area contributed by atoms with Crippen LogP contribution in [-0.2, 0) is 4.79 Å². The lowest BCUT2D eigenvalue weighted by Crippen LogP contribution is -2.14. The number of ether oxygens (including phenoxy) is 3. The number of phenols is 1. The standard InChI is InChI=1S/C15H14O3S.C11H14O4/c1-17-12-7-6-10(8-11(12)16)14-9-19-15-5-3-2-4-13(15)18-14;1-8(5-11(13)14)9-3-2-4-10(6-9)15-7-12/h2-8,14,16H,9H2,1H3;2-4,6,8,12H,5,7H2,1H3,(H,13,14). The molecule has 0 aromatic heterocycles. The Kier molecular flexibility index (Phi) is 9.07. The summed E-state index contributed by atoms with van der Waals surface area (Å²) in [6, 6.07) is 20.5. The van der Waals surface area contributed by atoms with E-state index in [0.29, 0.717) is 11.5 Å². The number of carboxylic acids is 1. The molecule has 3 aromatic carbocycles. The third kappa shape index (κ3) is 6.82. The second-order valence-electron chi connectivity index (χ2n) is 7.64. The van der Waals surface area contributed by atoms with Crippen LogP contribution < -0.4 is 14.2 Å². The van der Waals surface area contributed by atoms with Crippen molar-refractivity contribution in [2.24, 2.45) is 0 Å². The van der Waals surface area contributed by atoms with Gasteiger partial charge in [-0.15, -0.1) is 11.8 Å². The zero-order valence-electron chi connectivity index (χ0n) is 19.0. The fraction of sp³-hybridized carbons (Fsp3) is 0.269. The summed E-state index contributed by atoms with van der Waals surface area (Å²) in [5.41, 5.74) is 1.85. The minimum atomic E-state index is -0.823. The van der Waals surface area contributed by atoms with Crippen LogP contribution in [0.5, 0.6) is 23.0 Å². The maximum absolute atomic E-state index is 10.5. The summed E-state index contributed by atoms with van der Waals surface area (Å²) in [5.74, 6) is 2.02. The van der Waals surface area contributed by atoms with E-state index in [4.69, 9.17) is 24.4 Å². The topological polar surface area (TPSA) is 105 Å². The van der Waals surface area contributed by atoms with E-state index in [1.165, 1.54) is 7.11 Å². The van der Waals surface area contributed by atoms with Crippen LogP contribution in [0, 0.1) is 0 Å². The molecular formula is C26H28O7S. The van der Waals surface area contributed by atoms with E-state index >= 15 is 0 Å². The van der Waals surface area contributed by atoms with Crippen molar-refractivity contribution in [3.05, 3.63) is 77.9 Å². The number of aliphatic carboxylic acids is 1. The van der Waals surface area contributed by atoms with Gasteiger partial charge in [0.15, 0.2) is 18.3 Å². The van der Waals surface area contributed by atoms with Crippen LogP contribution in [0.25, 0.3) is 0 Å². The van der Waals surface area contributed by atoms with Gasteiger partial charge in [0.2, 0.25) is 0 Å². The molecule has 0 radical (unpaired) electrons. The highest BCUT2D eigenvalue weighted by Crippen LogP contribution is 2.41. The van der Waals surface area contributed by atoms with E-state index in [9.17, 15) is 9.90 Å². The summed E-state index contributed by atoms with van der Waals surface area (Å²) >= 11 is 1.77. The molecule has 0 saturated carbocycles. The van der Waals surface area contributed by atoms with Gasteiger partial charge in [-0.3, -0.25) is 4.79 Å². The number of carbonyl (C=O) groups is 1. The molecule has 1 heterocycles. The van der Waals surface area contributed by atoms with Gasteiger partial charge in [0.25, 0.3) is 0 Å². The Morgan fingerprint density at radius 1 is 1.15 bits per heavy atom. The molecule has 0 fully saturated rings. The van der Waals surface area contributed by atoms with Gasteiger partial charge in [-0.2, -0.15) is 0 Å². The number of aromatic hydroxyl groups is 1. The van der Waals surface area contributed by atoms with Crippen molar-refractivity contribution >= 4 is 17.7 Å². The van der Waals surface area contributed by atoms with Crippen LogP contribution in [0.1, 0.15) is 36.5 Å². The minimum absolute atomic E-state index is 0.0447. The van der Waals surface area contributed by atoms with Gasteiger partial charge in [-0.25, -0.2) is 0 Å². The van der Waals surface area contributed by atoms with Gasteiger partial charge in [0.05, 0.1) is 13.5 Å². The zero-order chi connectivity index (χ0) is 24.5. The Morgan fingerprint density at radius 3 is 2.65 bits per heavy atom. The smallest absolute Gasteiger partial charge is 0.303 e. The van der Waals surface area contributed by atoms with E-state index in [1.54, 1.807) is 42.1 Å². The van der Waals surface area contributed by atoms with E-state index < -0.39 is 5.97 Å². The van der Waals surface area contributed by atoms with Gasteiger partial charge in [0, 0.05) is 10.6 Å². The maximum Gasteiger partial charge on any atom is 0.303 e. The predicted molar refractivity (Wildman–Crippen MR) is 130 cm³/mol. The molecule has 0 saturated heterocycles. The van der Waals surface area contributed by atoms with Crippen LogP contribution in [0.3, 0.4) is 0 Å². The molecule has 3 aromatic rings. The largest absolute Gasteiger partial charge is 0.504 e. The fourth-order valence-electron chi connectivity index (χ4n) is 3.46. The summed E-state index contributed by atoms with van der Waals surface area (Å²) < 4.78 is 15.9. The highest BCUT2D eigenvalue weighted by Gasteiger charge is 2.22. The SMILES string of the molecule is CC(CC(=O)O)c1cccc(OCO)c1.COc1ccc(C2CSc3ccccc3O2)cc1O. The highest BCUT2D eigenvalue weighted by molar-refractivity contribution is 7.99. The van der Waals surface area contributed by atoms with Crippen LogP contribution >= 0.6 is 11.8 Å². The molecule has 8 heteroatoms. The summed E-state index contributed by atoms with van der Waals surface area (Å²) in [6.07, 6.45) is 0.0412. The number of aliphatic hydroxyl groups is 1. The lowest BCUT2D eigenvalue weighted by atomic mass is 9.98. The van der Waals surface area contributed by atoms with Gasteiger partial charge in [0.1, 0.15) is 17.6 Å². The molecule has 3 N–H and O–H groups in total. The minimum Gasteiger partial charge on any atom is -0.504 e. The van der Waals surface area contributed by atoms with Crippen LogP contribution in [0.15, 0.2) is 71.6 Å². The van der Waals surface area contributed by atoms with Gasteiger partial charge < -0.3 is 29.5 Å². The molecule has 180 valence electrons. The molecule has 0 bridgehead atoms. The van der Waals surface area contributed by atoms with E-state index in [0.717, 1.165) is 27.5 Å². The second kappa shape index (κ2) is 12.2. The third-order valence-electron chi connectivity index (χ3n) is 5.22. The third-order valence-corrected chi connectivity index (χ3v) is 6.34. The van der Waals surface area contributed by atoms with Gasteiger partial charge in [-0.1, -0.05) is 37.3 Å². The molecule has 34 heavy (non-hydrogen) atoms. The normalized spacial score (nSPS) is 15.1. The summed E-state index contributed by atoms with van der Waals surface area (Å²) in [6.45, 7) is 1.46. The molecule has 4 rings (SSSR count). The van der Waals surface area contributed by atoms with Gasteiger partial charge >= 0.3 is 5.97 Å². The average molecular weight is 485 g/mol. The lowest BCUT2D eigenvalue weighted by Gasteiger charge is -2.26. The Bertz CT molecular complexity index is 1100. The summed E-state index contributed by atoms with van der Waals surface area (Å²) in [4.78, 5) is 11.7. The number of fused-ring (bicyclic) bond motifs is 1. The molecule has 0 aliphatic carbocycles. The number of thioether (sulfide) groups is 1. The van der Waals surface area contributed by atoms with Crippen molar-refractivity contribution in [2.75, 3.05) is 19.7 Å². The number of methoxy groups -OCH3 is 1. The molecule has 1 aliphatic rings. The molecule has 7 nitrogen and oxygen atoms in total. The van der Waals surface area contributed by atoms with Crippen LogP contribution in [-0.4, -0.2) is 40.9 Å². The van der Waals surface area contributed by atoms with Crippen molar-refractivity contribution < 1.29 is 34.3 Å². The van der Waals surface area contributed by atoms with Crippen molar-refractivity contribution in [3.8, 4) is 23.0 Å². The first-order valence-electron chi connectivity index (χ1n) is 10.7. The first kappa shape index (κ1) is 25.3. The number of rotatable bonds is 7. The Balaban J connectivity index is 0.000000197. The van der Waals surface area contributed by atoms with Crippen molar-refractivity contribution in [1.29, 1.82) is 0 Å². The number of para-hydroxylation sites is 1. The van der Waals surface area contributed by atoms with Crippen molar-refractivity contribution in [1.82, 2.24) is 0 Å². The van der Waals surface area contributed by atoms with Crippen molar-refractivity contribution in [3.63, 3.8) is 0 Å². The number of hydrogen-bond donors (Lipinski definition) is 3. The predicted octanol–water partition coefficient (Wildman–Crippen LogP) is 5.22. The molecule has 1 aliphatic heterocycles. The second-order valence-corrected chi connectivity index (χ2v) is 8.70. The first-order chi connectivity index (χ1) is 16.4. The number of benzene rings is 3. The summed E-state index contributed by atoms with van der Waals surface area (Å²) in [5, 5.41) is 27.1. The lowest BCUT2D eigenvalue weighted by molar-refractivity contribution is -0.137. The number of aliphatic hydroxyl groups excluding tert-OH is 1. The number of carboxylic acid groups (broad SMARTS) is 1. The first-order valence-corrected chi connectivity index (χ1v) is 11.7. The van der Waals surface area contributed by atoms with Crippen molar-refractivity contribution in [2.45, 2.75) is 30.3 Å². The molecule has 2 atom stereocenters. The number of hydrogen-bond acceptors (Lipinski definition) is 7.